The van der Waals surface area contributed by atoms with E-state index >= 15 is 0 Å². The summed E-state index contributed by atoms with van der Waals surface area (Å²) in [5.41, 5.74) is 0. The van der Waals surface area contributed by atoms with Crippen molar-refractivity contribution in [2.24, 2.45) is 0 Å². The number of hydrogen-bond donors (Lipinski definition) is 1. The summed E-state index contributed by atoms with van der Waals surface area (Å²) in [4.78, 5) is 24.6. The van der Waals surface area contributed by atoms with Gasteiger partial charge in [-0.3, -0.25) is 14.5 Å². The topological polar surface area (TPSA) is 57.6 Å². The van der Waals surface area contributed by atoms with Crippen LogP contribution in [0.2, 0.25) is 0 Å². The van der Waals surface area contributed by atoms with Crippen molar-refractivity contribution in [3.05, 3.63) is 0 Å². The van der Waals surface area contributed by atoms with Crippen LogP contribution in [0.1, 0.15) is 25.7 Å². The molecular formula is C10H15NO3S. The van der Waals surface area contributed by atoms with Gasteiger partial charge in [0.2, 0.25) is 11.8 Å². The lowest BCUT2D eigenvalue weighted by Crippen LogP contribution is -2.50. The summed E-state index contributed by atoms with van der Waals surface area (Å²) in [6.45, 7) is 0. The van der Waals surface area contributed by atoms with E-state index in [2.05, 4.69) is 0 Å². The molecule has 5 heteroatoms. The lowest BCUT2D eigenvalue weighted by Gasteiger charge is -2.36. The Morgan fingerprint density at radius 1 is 1.07 bits per heavy atom. The van der Waals surface area contributed by atoms with Crippen molar-refractivity contribution in [2.45, 2.75) is 37.8 Å². The lowest BCUT2D eigenvalue weighted by atomic mass is 9.92. The SMILES string of the molecule is O=C1CSCC(=O)N1C1CCC(O)CC1. The third-order valence-corrected chi connectivity index (χ3v) is 3.92. The summed E-state index contributed by atoms with van der Waals surface area (Å²) < 4.78 is 0. The maximum Gasteiger partial charge on any atom is 0.239 e. The average molecular weight is 229 g/mol. The van der Waals surface area contributed by atoms with E-state index in [4.69, 9.17) is 0 Å². The Morgan fingerprint density at radius 2 is 1.60 bits per heavy atom. The van der Waals surface area contributed by atoms with Crippen LogP contribution in [0.3, 0.4) is 0 Å². The number of aliphatic hydroxyl groups excluding tert-OH is 1. The van der Waals surface area contributed by atoms with Gasteiger partial charge in [0.05, 0.1) is 17.6 Å². The molecule has 2 fully saturated rings. The van der Waals surface area contributed by atoms with E-state index in [9.17, 15) is 14.7 Å². The van der Waals surface area contributed by atoms with Crippen molar-refractivity contribution in [3.63, 3.8) is 0 Å². The zero-order chi connectivity index (χ0) is 10.8. The Hall–Kier alpha value is -0.550. The predicted octanol–water partition coefficient (Wildman–Crippen LogP) is 0.392. The van der Waals surface area contributed by atoms with Crippen LogP contribution < -0.4 is 0 Å². The first-order chi connectivity index (χ1) is 7.18. The first-order valence-corrected chi connectivity index (χ1v) is 6.44. The van der Waals surface area contributed by atoms with Gasteiger partial charge in [-0.25, -0.2) is 0 Å². The van der Waals surface area contributed by atoms with Crippen LogP contribution in [-0.4, -0.2) is 45.5 Å². The predicted molar refractivity (Wildman–Crippen MR) is 57.4 cm³/mol. The fourth-order valence-electron chi connectivity index (χ4n) is 2.23. The van der Waals surface area contributed by atoms with E-state index in [1.165, 1.54) is 16.7 Å². The molecule has 2 amide bonds. The van der Waals surface area contributed by atoms with Gasteiger partial charge >= 0.3 is 0 Å². The molecule has 0 atom stereocenters. The molecule has 4 nitrogen and oxygen atoms in total. The van der Waals surface area contributed by atoms with Gasteiger partial charge in [0.1, 0.15) is 0 Å². The second-order valence-corrected chi connectivity index (χ2v) is 5.10. The lowest BCUT2D eigenvalue weighted by molar-refractivity contribution is -0.146. The Labute approximate surface area is 93.0 Å². The van der Waals surface area contributed by atoms with Crippen LogP contribution in [0.4, 0.5) is 0 Å². The van der Waals surface area contributed by atoms with Gasteiger partial charge in [-0.1, -0.05) is 0 Å². The standard InChI is InChI=1S/C10H15NO3S/c12-8-3-1-7(2-4-8)11-9(13)5-15-6-10(11)14/h7-8,12H,1-6H2. The van der Waals surface area contributed by atoms with E-state index in [-0.39, 0.29) is 24.0 Å². The van der Waals surface area contributed by atoms with E-state index in [0.717, 1.165) is 12.8 Å². The van der Waals surface area contributed by atoms with Crippen molar-refractivity contribution in [1.82, 2.24) is 4.90 Å². The van der Waals surface area contributed by atoms with Gasteiger partial charge in [-0.2, -0.15) is 0 Å². The van der Waals surface area contributed by atoms with Crippen LogP contribution in [0.15, 0.2) is 0 Å². The summed E-state index contributed by atoms with van der Waals surface area (Å²) in [5, 5.41) is 9.36. The van der Waals surface area contributed by atoms with Crippen molar-refractivity contribution in [1.29, 1.82) is 0 Å². The van der Waals surface area contributed by atoms with Crippen LogP contribution >= 0.6 is 11.8 Å². The monoisotopic (exact) mass is 229 g/mol. The fourth-order valence-corrected chi connectivity index (χ4v) is 2.96. The molecule has 0 aromatic heterocycles. The van der Waals surface area contributed by atoms with Gasteiger partial charge in [-0.05, 0) is 25.7 Å². The number of hydrogen-bond acceptors (Lipinski definition) is 4. The number of aliphatic hydroxyl groups is 1. The molecule has 0 unspecified atom stereocenters. The minimum Gasteiger partial charge on any atom is -0.393 e. The van der Waals surface area contributed by atoms with Crippen molar-refractivity contribution >= 4 is 23.6 Å². The average Bonchev–Trinajstić information content (AvgIpc) is 2.20. The first-order valence-electron chi connectivity index (χ1n) is 5.29. The molecule has 0 aromatic rings. The van der Waals surface area contributed by atoms with E-state index in [1.807, 2.05) is 0 Å². The highest BCUT2D eigenvalue weighted by molar-refractivity contribution is 8.00. The molecule has 1 aliphatic heterocycles. The number of nitrogens with zero attached hydrogens (tertiary/aromatic N) is 1. The second-order valence-electron chi connectivity index (χ2n) is 4.11. The van der Waals surface area contributed by atoms with E-state index in [1.54, 1.807) is 0 Å². The summed E-state index contributed by atoms with van der Waals surface area (Å²) in [7, 11) is 0. The first kappa shape index (κ1) is 11.0. The van der Waals surface area contributed by atoms with Gasteiger partial charge in [0.25, 0.3) is 0 Å². The molecule has 0 spiro atoms. The molecule has 1 saturated heterocycles. The number of carbonyl (C=O) groups excluding carboxylic acids is 2. The molecule has 0 aromatic carbocycles. The Kier molecular flexibility index (Phi) is 3.31. The van der Waals surface area contributed by atoms with Crippen LogP contribution in [0.25, 0.3) is 0 Å². The fraction of sp³-hybridized carbons (Fsp3) is 0.800. The quantitative estimate of drug-likeness (QED) is 0.661. The van der Waals surface area contributed by atoms with Gasteiger partial charge in [0, 0.05) is 6.04 Å². The molecule has 2 rings (SSSR count). The molecule has 1 saturated carbocycles. The van der Waals surface area contributed by atoms with Gasteiger partial charge in [-0.15, -0.1) is 11.8 Å². The number of carbonyl (C=O) groups is 2. The summed E-state index contributed by atoms with van der Waals surface area (Å²) in [6, 6.07) is 0.0364. The van der Waals surface area contributed by atoms with Gasteiger partial charge in [0.15, 0.2) is 0 Å². The number of imide groups is 1. The maximum atomic E-state index is 11.6. The molecule has 2 aliphatic rings. The van der Waals surface area contributed by atoms with Crippen LogP contribution in [-0.2, 0) is 9.59 Å². The van der Waals surface area contributed by atoms with E-state index in [0.29, 0.717) is 24.3 Å². The maximum absolute atomic E-state index is 11.6. The summed E-state index contributed by atoms with van der Waals surface area (Å²) in [5.74, 6) is 0.727. The molecule has 15 heavy (non-hydrogen) atoms. The van der Waals surface area contributed by atoms with Gasteiger partial charge < -0.3 is 5.11 Å². The number of rotatable bonds is 1. The molecule has 0 radical (unpaired) electrons. The number of thioether (sulfide) groups is 1. The molecule has 0 bridgehead atoms. The Morgan fingerprint density at radius 3 is 2.13 bits per heavy atom. The van der Waals surface area contributed by atoms with E-state index < -0.39 is 0 Å². The smallest absolute Gasteiger partial charge is 0.239 e. The summed E-state index contributed by atoms with van der Waals surface area (Å²) in [6.07, 6.45) is 2.67. The second kappa shape index (κ2) is 4.53. The highest BCUT2D eigenvalue weighted by atomic mass is 32.2. The van der Waals surface area contributed by atoms with Crippen molar-refractivity contribution in [3.8, 4) is 0 Å². The van der Waals surface area contributed by atoms with Crippen molar-refractivity contribution in [2.75, 3.05) is 11.5 Å². The highest BCUT2D eigenvalue weighted by Crippen LogP contribution is 2.26. The summed E-state index contributed by atoms with van der Waals surface area (Å²) >= 11 is 1.39. The molecule has 84 valence electrons. The third kappa shape index (κ3) is 2.34. The Bertz CT molecular complexity index is 258. The normalized spacial score (nSPS) is 33.3. The minimum absolute atomic E-state index is 0.0364. The zero-order valence-electron chi connectivity index (χ0n) is 8.52. The van der Waals surface area contributed by atoms with Crippen molar-refractivity contribution < 1.29 is 14.7 Å². The minimum atomic E-state index is -0.245. The van der Waals surface area contributed by atoms with Crippen LogP contribution in [0.5, 0.6) is 0 Å². The molecular weight excluding hydrogens is 214 g/mol. The zero-order valence-corrected chi connectivity index (χ0v) is 9.33. The van der Waals surface area contributed by atoms with Crippen LogP contribution in [0, 0.1) is 0 Å². The molecule has 1 heterocycles. The highest BCUT2D eigenvalue weighted by Gasteiger charge is 2.34. The third-order valence-electron chi connectivity index (χ3n) is 3.02. The Balaban J connectivity index is 2.01. The number of amides is 2. The molecule has 1 N–H and O–H groups in total. The molecule has 1 aliphatic carbocycles. The largest absolute Gasteiger partial charge is 0.393 e.